The minimum absolute atomic E-state index is 0.955. The van der Waals surface area contributed by atoms with E-state index in [9.17, 15) is 0 Å². The molecule has 0 radical (unpaired) electrons. The normalized spacial score (nSPS) is 11.0. The van der Waals surface area contributed by atoms with Gasteiger partial charge in [0, 0.05) is 24.2 Å². The van der Waals surface area contributed by atoms with Gasteiger partial charge >= 0.3 is 0 Å². The van der Waals surface area contributed by atoms with Crippen LogP contribution in [0.1, 0.15) is 28.1 Å². The van der Waals surface area contributed by atoms with Crippen molar-refractivity contribution >= 4 is 0 Å². The van der Waals surface area contributed by atoms with E-state index in [-0.39, 0.29) is 0 Å². The van der Waals surface area contributed by atoms with Gasteiger partial charge in [0.25, 0.3) is 0 Å². The van der Waals surface area contributed by atoms with Gasteiger partial charge in [-0.15, -0.1) is 0 Å². The molecule has 0 unspecified atom stereocenters. The minimum atomic E-state index is 0.955. The maximum atomic E-state index is 4.77. The van der Waals surface area contributed by atoms with Gasteiger partial charge in [-0.05, 0) is 45.9 Å². The Kier molecular flexibility index (Phi) is 4.05. The minimum Gasteiger partial charge on any atom is -0.342 e. The van der Waals surface area contributed by atoms with Crippen molar-refractivity contribution in [1.29, 1.82) is 0 Å². The fourth-order valence-corrected chi connectivity index (χ4v) is 2.66. The molecule has 1 aromatic carbocycles. The fourth-order valence-electron chi connectivity index (χ4n) is 2.66. The largest absolute Gasteiger partial charge is 0.342 e. The van der Waals surface area contributed by atoms with Crippen LogP contribution in [-0.2, 0) is 6.42 Å². The van der Waals surface area contributed by atoms with E-state index >= 15 is 0 Å². The third kappa shape index (κ3) is 2.87. The van der Waals surface area contributed by atoms with Crippen LogP contribution in [-0.4, -0.2) is 23.6 Å². The lowest BCUT2D eigenvalue weighted by Gasteiger charge is -2.08. The molecule has 2 rings (SSSR count). The lowest BCUT2D eigenvalue weighted by atomic mass is 9.99. The molecule has 0 aliphatic rings. The van der Waals surface area contributed by atoms with Crippen LogP contribution in [0, 0.1) is 27.7 Å². The first-order valence-corrected chi connectivity index (χ1v) is 6.81. The number of imidazole rings is 1. The highest BCUT2D eigenvalue weighted by atomic mass is 14.9. The Balaban J connectivity index is 2.42. The van der Waals surface area contributed by atoms with Gasteiger partial charge in [-0.2, -0.15) is 0 Å². The van der Waals surface area contributed by atoms with Crippen LogP contribution in [0.2, 0.25) is 0 Å². The van der Waals surface area contributed by atoms with Gasteiger partial charge in [0.05, 0.1) is 5.69 Å². The monoisotopic (exact) mass is 257 g/mol. The van der Waals surface area contributed by atoms with Gasteiger partial charge < -0.3 is 10.3 Å². The molecule has 0 spiro atoms. The predicted molar refractivity (Wildman–Crippen MR) is 80.6 cm³/mol. The van der Waals surface area contributed by atoms with Crippen LogP contribution < -0.4 is 5.32 Å². The quantitative estimate of drug-likeness (QED) is 0.883. The van der Waals surface area contributed by atoms with E-state index in [1.807, 2.05) is 7.05 Å². The number of H-pyrrole nitrogens is 1. The molecule has 0 fully saturated rings. The second-order valence-electron chi connectivity index (χ2n) is 5.28. The Morgan fingerprint density at radius 1 is 1.11 bits per heavy atom. The molecule has 0 aliphatic carbocycles. The van der Waals surface area contributed by atoms with E-state index in [0.29, 0.717) is 0 Å². The number of benzene rings is 1. The lowest BCUT2D eigenvalue weighted by molar-refractivity contribution is 0.776. The first-order valence-electron chi connectivity index (χ1n) is 6.81. The lowest BCUT2D eigenvalue weighted by Crippen LogP contribution is -2.11. The van der Waals surface area contributed by atoms with Gasteiger partial charge in [0.1, 0.15) is 5.82 Å². The van der Waals surface area contributed by atoms with Crippen LogP contribution in [0.15, 0.2) is 12.1 Å². The molecule has 0 saturated heterocycles. The maximum absolute atomic E-state index is 4.77. The van der Waals surface area contributed by atoms with Crippen LogP contribution in [0.4, 0.5) is 0 Å². The van der Waals surface area contributed by atoms with Crippen LogP contribution >= 0.6 is 0 Å². The Morgan fingerprint density at radius 2 is 1.74 bits per heavy atom. The second kappa shape index (κ2) is 5.57. The van der Waals surface area contributed by atoms with E-state index in [1.54, 1.807) is 0 Å². The molecule has 1 aromatic heterocycles. The van der Waals surface area contributed by atoms with Crippen LogP contribution in [0.5, 0.6) is 0 Å². The summed E-state index contributed by atoms with van der Waals surface area (Å²) in [6, 6.07) is 4.43. The molecule has 0 aliphatic heterocycles. The highest BCUT2D eigenvalue weighted by molar-refractivity contribution is 5.66. The van der Waals surface area contributed by atoms with Crippen molar-refractivity contribution in [2.75, 3.05) is 13.6 Å². The third-order valence-corrected chi connectivity index (χ3v) is 3.51. The second-order valence-corrected chi connectivity index (χ2v) is 5.28. The summed E-state index contributed by atoms with van der Waals surface area (Å²) in [5, 5.41) is 3.17. The first-order chi connectivity index (χ1) is 9.02. The maximum Gasteiger partial charge on any atom is 0.138 e. The molecule has 102 valence electrons. The molecule has 0 bridgehead atoms. The highest BCUT2D eigenvalue weighted by Crippen LogP contribution is 2.27. The molecule has 2 N–H and O–H groups in total. The van der Waals surface area contributed by atoms with Gasteiger partial charge in [-0.3, -0.25) is 0 Å². The number of nitrogens with zero attached hydrogens (tertiary/aromatic N) is 1. The third-order valence-electron chi connectivity index (χ3n) is 3.51. The fraction of sp³-hybridized carbons (Fsp3) is 0.438. The number of rotatable bonds is 4. The smallest absolute Gasteiger partial charge is 0.138 e. The zero-order chi connectivity index (χ0) is 14.0. The average Bonchev–Trinajstić information content (AvgIpc) is 2.66. The van der Waals surface area contributed by atoms with Crippen molar-refractivity contribution in [3.05, 3.63) is 40.2 Å². The number of hydrogen-bond donors (Lipinski definition) is 2. The summed E-state index contributed by atoms with van der Waals surface area (Å²) in [4.78, 5) is 8.21. The number of nitrogens with one attached hydrogen (secondary N) is 2. The summed E-state index contributed by atoms with van der Waals surface area (Å²) in [5.41, 5.74) is 7.44. The van der Waals surface area contributed by atoms with Crippen LogP contribution in [0.25, 0.3) is 11.4 Å². The summed E-state index contributed by atoms with van der Waals surface area (Å²) in [6.07, 6.45) is 0.961. The number of hydrogen-bond acceptors (Lipinski definition) is 2. The van der Waals surface area contributed by atoms with E-state index in [4.69, 9.17) is 4.98 Å². The Morgan fingerprint density at radius 3 is 2.32 bits per heavy atom. The molecule has 19 heavy (non-hydrogen) atoms. The van der Waals surface area contributed by atoms with Crippen molar-refractivity contribution in [2.24, 2.45) is 0 Å². The predicted octanol–water partition coefficient (Wildman–Crippen LogP) is 3.07. The van der Waals surface area contributed by atoms with E-state index in [1.165, 1.54) is 27.9 Å². The van der Waals surface area contributed by atoms with Crippen molar-refractivity contribution in [3.8, 4) is 11.4 Å². The van der Waals surface area contributed by atoms with Gasteiger partial charge in [0.2, 0.25) is 0 Å². The topological polar surface area (TPSA) is 40.7 Å². The molecular formula is C16H23N3. The average molecular weight is 257 g/mol. The van der Waals surface area contributed by atoms with Gasteiger partial charge in [-0.1, -0.05) is 17.7 Å². The Labute approximate surface area is 115 Å². The van der Waals surface area contributed by atoms with Gasteiger partial charge in [-0.25, -0.2) is 4.98 Å². The number of likely N-dealkylation sites (N-methyl/N-ethyl adjacent to an activating group) is 1. The van der Waals surface area contributed by atoms with E-state index < -0.39 is 0 Å². The first kappa shape index (κ1) is 13.8. The van der Waals surface area contributed by atoms with E-state index in [2.05, 4.69) is 50.1 Å². The van der Waals surface area contributed by atoms with Crippen molar-refractivity contribution in [1.82, 2.24) is 15.3 Å². The molecule has 3 nitrogen and oxygen atoms in total. The molecule has 0 saturated carbocycles. The zero-order valence-electron chi connectivity index (χ0n) is 12.5. The summed E-state index contributed by atoms with van der Waals surface area (Å²) in [6.45, 7) is 9.49. The van der Waals surface area contributed by atoms with Crippen molar-refractivity contribution in [3.63, 3.8) is 0 Å². The molecule has 0 atom stereocenters. The number of aromatic nitrogens is 2. The van der Waals surface area contributed by atoms with Crippen molar-refractivity contribution < 1.29 is 0 Å². The highest BCUT2D eigenvalue weighted by Gasteiger charge is 2.12. The standard InChI is InChI=1S/C16H23N3/c1-10-8-11(2)15(12(3)9-10)16-18-13(4)14(19-16)6-7-17-5/h8-9,17H,6-7H2,1-5H3,(H,18,19). The SMILES string of the molecule is CNCCc1nc(-c2c(C)cc(C)cc2C)[nH]c1C. The summed E-state index contributed by atoms with van der Waals surface area (Å²) < 4.78 is 0. The summed E-state index contributed by atoms with van der Waals surface area (Å²) in [5.74, 6) is 0.999. The van der Waals surface area contributed by atoms with Crippen LogP contribution in [0.3, 0.4) is 0 Å². The molecule has 0 amide bonds. The molecular weight excluding hydrogens is 234 g/mol. The number of aromatic amines is 1. The van der Waals surface area contributed by atoms with E-state index in [0.717, 1.165) is 24.5 Å². The molecule has 1 heterocycles. The zero-order valence-corrected chi connectivity index (χ0v) is 12.5. The molecule has 3 heteroatoms. The van der Waals surface area contributed by atoms with Gasteiger partial charge in [0.15, 0.2) is 0 Å². The van der Waals surface area contributed by atoms with Crippen molar-refractivity contribution in [2.45, 2.75) is 34.1 Å². The molecule has 2 aromatic rings. The summed E-state index contributed by atoms with van der Waals surface area (Å²) >= 11 is 0. The number of aryl methyl sites for hydroxylation is 4. The Bertz CT molecular complexity index is 559. The summed E-state index contributed by atoms with van der Waals surface area (Å²) in [7, 11) is 1.97. The Hall–Kier alpha value is -1.61.